The predicted molar refractivity (Wildman–Crippen MR) is 95.5 cm³/mol. The molecule has 2 aromatic heterocycles. The number of halogens is 2. The van der Waals surface area contributed by atoms with Gasteiger partial charge < -0.3 is 19.8 Å². The Morgan fingerprint density at radius 3 is 2.74 bits per heavy atom. The van der Waals surface area contributed by atoms with Gasteiger partial charge in [0.15, 0.2) is 10.8 Å². The molecule has 27 heavy (non-hydrogen) atoms. The highest BCUT2D eigenvalue weighted by molar-refractivity contribution is 6.33. The molecule has 0 radical (unpaired) electrons. The molecule has 0 aliphatic rings. The van der Waals surface area contributed by atoms with E-state index < -0.39 is 22.5 Å². The molecule has 1 amide bonds. The minimum Gasteiger partial charge on any atom is -0.454 e. The average molecular weight is 393 g/mol. The maximum absolute atomic E-state index is 13.6. The lowest BCUT2D eigenvalue weighted by Gasteiger charge is -2.04. The number of hydrogen-bond donors (Lipinski definition) is 1. The fourth-order valence-corrected chi connectivity index (χ4v) is 2.58. The Hall–Kier alpha value is -3.20. The van der Waals surface area contributed by atoms with Crippen molar-refractivity contribution >= 4 is 29.0 Å². The van der Waals surface area contributed by atoms with Gasteiger partial charge in [-0.1, -0.05) is 17.7 Å². The highest BCUT2D eigenvalue weighted by Gasteiger charge is 2.24. The molecule has 0 bridgehead atoms. The van der Waals surface area contributed by atoms with Gasteiger partial charge in [0.25, 0.3) is 5.91 Å². The molecule has 0 fully saturated rings. The molecule has 0 saturated heterocycles. The Kier molecular flexibility index (Phi) is 4.95. The van der Waals surface area contributed by atoms with Crippen molar-refractivity contribution in [2.75, 3.05) is 5.32 Å². The Morgan fingerprint density at radius 2 is 2.11 bits per heavy atom. The van der Waals surface area contributed by atoms with E-state index in [1.54, 1.807) is 32.0 Å². The monoisotopic (exact) mass is 392 g/mol. The van der Waals surface area contributed by atoms with Crippen LogP contribution in [-0.2, 0) is 6.54 Å². The third kappa shape index (κ3) is 3.82. The summed E-state index contributed by atoms with van der Waals surface area (Å²) < 4.78 is 20.3. The lowest BCUT2D eigenvalue weighted by molar-refractivity contribution is -0.389. The standard InChI is InChI=1S/C17H14ClFN4O4/c1-9-3-4-11(7-13(9)19)20-17(24)14-6-5-12(27-14)8-22-10(2)15(18)16(21-22)23(25)26/h3-7H,8H2,1-2H3,(H,20,24). The quantitative estimate of drug-likeness (QED) is 0.520. The fourth-order valence-electron chi connectivity index (χ4n) is 2.37. The molecule has 0 saturated carbocycles. The summed E-state index contributed by atoms with van der Waals surface area (Å²) in [7, 11) is 0. The third-order valence-electron chi connectivity index (χ3n) is 3.91. The zero-order valence-electron chi connectivity index (χ0n) is 14.3. The van der Waals surface area contributed by atoms with Gasteiger partial charge in [-0.3, -0.25) is 4.79 Å². The van der Waals surface area contributed by atoms with E-state index in [0.29, 0.717) is 22.7 Å². The molecule has 0 aliphatic carbocycles. The highest BCUT2D eigenvalue weighted by Crippen LogP contribution is 2.27. The van der Waals surface area contributed by atoms with Crippen molar-refractivity contribution in [1.29, 1.82) is 0 Å². The van der Waals surface area contributed by atoms with E-state index in [2.05, 4.69) is 10.4 Å². The van der Waals surface area contributed by atoms with Crippen LogP contribution in [0.3, 0.4) is 0 Å². The summed E-state index contributed by atoms with van der Waals surface area (Å²) in [5.74, 6) is -1.06. The fraction of sp³-hybridized carbons (Fsp3) is 0.176. The van der Waals surface area contributed by atoms with Crippen LogP contribution >= 0.6 is 11.6 Å². The van der Waals surface area contributed by atoms with Gasteiger partial charge in [0.2, 0.25) is 0 Å². The molecule has 0 aliphatic heterocycles. The molecule has 8 nitrogen and oxygen atoms in total. The summed E-state index contributed by atoms with van der Waals surface area (Å²) >= 11 is 5.89. The molecule has 3 aromatic rings. The molecule has 2 heterocycles. The van der Waals surface area contributed by atoms with Crippen molar-refractivity contribution in [3.63, 3.8) is 0 Å². The van der Waals surface area contributed by atoms with Crippen molar-refractivity contribution in [1.82, 2.24) is 9.78 Å². The molecule has 10 heteroatoms. The molecule has 0 unspecified atom stereocenters. The van der Waals surface area contributed by atoms with Crippen molar-refractivity contribution in [2.24, 2.45) is 0 Å². The highest BCUT2D eigenvalue weighted by atomic mass is 35.5. The predicted octanol–water partition coefficient (Wildman–Crippen LogP) is 4.09. The first-order valence-electron chi connectivity index (χ1n) is 7.79. The lowest BCUT2D eigenvalue weighted by Crippen LogP contribution is -2.11. The molecule has 3 rings (SSSR count). The van der Waals surface area contributed by atoms with Gasteiger partial charge >= 0.3 is 5.82 Å². The number of aromatic nitrogens is 2. The largest absolute Gasteiger partial charge is 0.454 e. The molecule has 0 atom stereocenters. The van der Waals surface area contributed by atoms with Crippen molar-refractivity contribution in [3.05, 3.63) is 74.1 Å². The zero-order chi connectivity index (χ0) is 19.7. The van der Waals surface area contributed by atoms with Crippen LogP contribution in [0.2, 0.25) is 5.02 Å². The summed E-state index contributed by atoms with van der Waals surface area (Å²) in [5.41, 5.74) is 1.17. The second kappa shape index (κ2) is 7.20. The Bertz CT molecular complexity index is 1040. The number of benzene rings is 1. The zero-order valence-corrected chi connectivity index (χ0v) is 15.1. The number of nitrogens with zero attached hydrogens (tertiary/aromatic N) is 3. The molecular weight excluding hydrogens is 379 g/mol. The molecule has 140 valence electrons. The summed E-state index contributed by atoms with van der Waals surface area (Å²) in [6.45, 7) is 3.27. The number of aryl methyl sites for hydroxylation is 1. The van der Waals surface area contributed by atoms with Crippen LogP contribution < -0.4 is 5.32 Å². The van der Waals surface area contributed by atoms with Gasteiger partial charge in [-0.15, -0.1) is 0 Å². The van der Waals surface area contributed by atoms with Gasteiger partial charge in [0.05, 0.1) is 10.8 Å². The number of anilines is 1. The van der Waals surface area contributed by atoms with Gasteiger partial charge in [-0.05, 0) is 48.6 Å². The smallest absolute Gasteiger partial charge is 0.408 e. The number of nitrogens with one attached hydrogen (secondary N) is 1. The summed E-state index contributed by atoms with van der Waals surface area (Å²) in [6.07, 6.45) is 0. The molecule has 0 spiro atoms. The van der Waals surface area contributed by atoms with Crippen molar-refractivity contribution < 1.29 is 18.5 Å². The lowest BCUT2D eigenvalue weighted by atomic mass is 10.2. The van der Waals surface area contributed by atoms with E-state index in [1.165, 1.54) is 16.8 Å². The van der Waals surface area contributed by atoms with E-state index in [4.69, 9.17) is 16.0 Å². The van der Waals surface area contributed by atoms with Crippen LogP contribution in [0.5, 0.6) is 0 Å². The van der Waals surface area contributed by atoms with E-state index in [9.17, 15) is 19.3 Å². The van der Waals surface area contributed by atoms with E-state index in [-0.39, 0.29) is 17.3 Å². The second-order valence-electron chi connectivity index (χ2n) is 5.82. The molecule has 1 N–H and O–H groups in total. The van der Waals surface area contributed by atoms with E-state index in [1.807, 2.05) is 0 Å². The maximum atomic E-state index is 13.6. The minimum atomic E-state index is -0.673. The third-order valence-corrected chi connectivity index (χ3v) is 4.35. The maximum Gasteiger partial charge on any atom is 0.408 e. The number of rotatable bonds is 5. The number of hydrogen-bond acceptors (Lipinski definition) is 5. The first-order chi connectivity index (χ1) is 12.8. The van der Waals surface area contributed by atoms with Crippen LogP contribution in [0, 0.1) is 29.8 Å². The Morgan fingerprint density at radius 1 is 1.37 bits per heavy atom. The Balaban J connectivity index is 1.75. The van der Waals surface area contributed by atoms with Crippen LogP contribution in [0.4, 0.5) is 15.9 Å². The van der Waals surface area contributed by atoms with E-state index in [0.717, 1.165) is 0 Å². The van der Waals surface area contributed by atoms with Gasteiger partial charge in [-0.2, -0.15) is 4.68 Å². The van der Waals surface area contributed by atoms with Gasteiger partial charge in [0, 0.05) is 5.69 Å². The van der Waals surface area contributed by atoms with Crippen LogP contribution in [0.25, 0.3) is 0 Å². The van der Waals surface area contributed by atoms with Gasteiger partial charge in [0.1, 0.15) is 18.1 Å². The van der Waals surface area contributed by atoms with E-state index >= 15 is 0 Å². The minimum absolute atomic E-state index is 0.0105. The molecular formula is C17H14ClFN4O4. The van der Waals surface area contributed by atoms with Crippen LogP contribution in [0.15, 0.2) is 34.7 Å². The number of nitro groups is 1. The van der Waals surface area contributed by atoms with Crippen molar-refractivity contribution in [3.8, 4) is 0 Å². The summed E-state index contributed by atoms with van der Waals surface area (Å²) in [6, 6.07) is 7.34. The Labute approximate surface area is 157 Å². The summed E-state index contributed by atoms with van der Waals surface area (Å²) in [5, 5.41) is 17.2. The topological polar surface area (TPSA) is 103 Å². The SMILES string of the molecule is Cc1ccc(NC(=O)c2ccc(Cn3nc([N+](=O)[O-])c(Cl)c3C)o2)cc1F. The first kappa shape index (κ1) is 18.6. The van der Waals surface area contributed by atoms with Gasteiger partial charge in [-0.25, -0.2) is 4.39 Å². The average Bonchev–Trinajstić information content (AvgIpc) is 3.19. The summed E-state index contributed by atoms with van der Waals surface area (Å²) in [4.78, 5) is 22.5. The van der Waals surface area contributed by atoms with Crippen LogP contribution in [-0.4, -0.2) is 20.6 Å². The normalized spacial score (nSPS) is 10.8. The first-order valence-corrected chi connectivity index (χ1v) is 8.17. The van der Waals surface area contributed by atoms with Crippen molar-refractivity contribution in [2.45, 2.75) is 20.4 Å². The number of amides is 1. The number of carbonyl (C=O) groups is 1. The van der Waals surface area contributed by atoms with Crippen LogP contribution in [0.1, 0.15) is 27.6 Å². The number of carbonyl (C=O) groups excluding carboxylic acids is 1. The number of furan rings is 1. The molecule has 1 aromatic carbocycles. The second-order valence-corrected chi connectivity index (χ2v) is 6.20.